The van der Waals surface area contributed by atoms with Gasteiger partial charge in [0.15, 0.2) is 17.5 Å². The van der Waals surface area contributed by atoms with E-state index < -0.39 is 23.4 Å². The lowest BCUT2D eigenvalue weighted by Gasteiger charge is -2.25. The Balaban J connectivity index is 2.08. The molecule has 0 radical (unpaired) electrons. The van der Waals surface area contributed by atoms with E-state index in [1.165, 1.54) is 0 Å². The van der Waals surface area contributed by atoms with Crippen molar-refractivity contribution in [2.24, 2.45) is 11.7 Å². The number of rotatable bonds is 2. The molecule has 0 heterocycles. The number of carbonyl (C=O) groups is 1. The largest absolute Gasteiger partial charge is 0.328 e. The lowest BCUT2D eigenvalue weighted by molar-refractivity contribution is -0.120. The summed E-state index contributed by atoms with van der Waals surface area (Å²) in [5.74, 6) is -4.96. The molecule has 1 fully saturated rings. The lowest BCUT2D eigenvalue weighted by Crippen LogP contribution is -2.34. The zero-order valence-electron chi connectivity index (χ0n) is 10.3. The summed E-state index contributed by atoms with van der Waals surface area (Å²) in [6.07, 6.45) is 2.89. The number of benzene rings is 1. The molecule has 3 N–H and O–H groups in total. The summed E-state index contributed by atoms with van der Waals surface area (Å²) >= 11 is 0. The number of halogens is 3. The number of anilines is 1. The fourth-order valence-corrected chi connectivity index (χ4v) is 2.32. The first-order valence-electron chi connectivity index (χ1n) is 6.19. The van der Waals surface area contributed by atoms with Crippen LogP contribution >= 0.6 is 0 Å². The van der Waals surface area contributed by atoms with Crippen LogP contribution in [0.3, 0.4) is 0 Å². The van der Waals surface area contributed by atoms with Crippen molar-refractivity contribution >= 4 is 11.6 Å². The van der Waals surface area contributed by atoms with Crippen LogP contribution < -0.4 is 11.1 Å². The Morgan fingerprint density at radius 2 is 1.95 bits per heavy atom. The van der Waals surface area contributed by atoms with Gasteiger partial charge in [-0.3, -0.25) is 4.79 Å². The van der Waals surface area contributed by atoms with Gasteiger partial charge in [0.2, 0.25) is 5.91 Å². The summed E-state index contributed by atoms with van der Waals surface area (Å²) in [5, 5.41) is 2.29. The Morgan fingerprint density at radius 1 is 1.21 bits per heavy atom. The first kappa shape index (κ1) is 13.9. The van der Waals surface area contributed by atoms with E-state index in [1.54, 1.807) is 0 Å². The van der Waals surface area contributed by atoms with Crippen LogP contribution in [0.25, 0.3) is 0 Å². The molecule has 0 aromatic heterocycles. The van der Waals surface area contributed by atoms with E-state index in [0.717, 1.165) is 25.0 Å². The van der Waals surface area contributed by atoms with Gasteiger partial charge in [-0.15, -0.1) is 0 Å². The second-order valence-corrected chi connectivity index (χ2v) is 4.84. The van der Waals surface area contributed by atoms with E-state index in [2.05, 4.69) is 5.32 Å². The molecule has 19 heavy (non-hydrogen) atoms. The zero-order chi connectivity index (χ0) is 14.0. The Bertz CT molecular complexity index is 493. The van der Waals surface area contributed by atoms with Gasteiger partial charge >= 0.3 is 0 Å². The highest BCUT2D eigenvalue weighted by molar-refractivity contribution is 5.92. The molecule has 2 atom stereocenters. The second kappa shape index (κ2) is 5.61. The molecular formula is C13H15F3N2O. The van der Waals surface area contributed by atoms with Crippen LogP contribution in [0.2, 0.25) is 0 Å². The minimum atomic E-state index is -1.59. The van der Waals surface area contributed by atoms with Crippen LogP contribution in [0.1, 0.15) is 25.7 Å². The van der Waals surface area contributed by atoms with Gasteiger partial charge < -0.3 is 11.1 Å². The molecule has 1 saturated carbocycles. The summed E-state index contributed by atoms with van der Waals surface area (Å²) in [6.45, 7) is 0. The van der Waals surface area contributed by atoms with E-state index in [-0.39, 0.29) is 17.6 Å². The molecule has 1 aliphatic rings. The van der Waals surface area contributed by atoms with Gasteiger partial charge in [-0.2, -0.15) is 0 Å². The van der Waals surface area contributed by atoms with E-state index >= 15 is 0 Å². The Morgan fingerprint density at radius 3 is 2.63 bits per heavy atom. The maximum atomic E-state index is 13.4. The van der Waals surface area contributed by atoms with Crippen molar-refractivity contribution in [3.63, 3.8) is 0 Å². The predicted molar refractivity (Wildman–Crippen MR) is 64.9 cm³/mol. The van der Waals surface area contributed by atoms with Gasteiger partial charge in [-0.05, 0) is 31.4 Å². The third-order valence-corrected chi connectivity index (χ3v) is 3.38. The van der Waals surface area contributed by atoms with Crippen LogP contribution in [-0.4, -0.2) is 11.9 Å². The topological polar surface area (TPSA) is 55.1 Å². The highest BCUT2D eigenvalue weighted by Gasteiger charge is 2.26. The summed E-state index contributed by atoms with van der Waals surface area (Å²) in [5.41, 5.74) is 5.42. The van der Waals surface area contributed by atoms with Crippen LogP contribution in [0, 0.1) is 23.4 Å². The molecule has 1 aromatic rings. The van der Waals surface area contributed by atoms with Crippen molar-refractivity contribution in [2.75, 3.05) is 5.32 Å². The summed E-state index contributed by atoms with van der Waals surface area (Å²) < 4.78 is 39.2. The quantitative estimate of drug-likeness (QED) is 0.813. The number of hydrogen-bond acceptors (Lipinski definition) is 2. The molecule has 6 heteroatoms. The number of amides is 1. The Labute approximate surface area is 109 Å². The van der Waals surface area contributed by atoms with E-state index in [1.807, 2.05) is 0 Å². The van der Waals surface area contributed by atoms with E-state index in [0.29, 0.717) is 12.8 Å². The van der Waals surface area contributed by atoms with Crippen LogP contribution in [0.15, 0.2) is 12.1 Å². The standard InChI is InChI=1S/C13H15F3N2O/c14-9-4-5-10(12(16)11(9)15)18-13(19)7-2-1-3-8(17)6-7/h4-5,7-8H,1-3,6,17H2,(H,18,19). The molecule has 1 amide bonds. The number of carbonyl (C=O) groups excluding carboxylic acids is 1. The molecule has 2 rings (SSSR count). The van der Waals surface area contributed by atoms with E-state index in [4.69, 9.17) is 5.73 Å². The average Bonchev–Trinajstić information content (AvgIpc) is 2.39. The van der Waals surface area contributed by atoms with Crippen LogP contribution in [0.4, 0.5) is 18.9 Å². The molecule has 1 aliphatic carbocycles. The number of hydrogen-bond donors (Lipinski definition) is 2. The van der Waals surface area contributed by atoms with Gasteiger partial charge in [-0.1, -0.05) is 6.42 Å². The van der Waals surface area contributed by atoms with Gasteiger partial charge in [-0.25, -0.2) is 13.2 Å². The summed E-state index contributed by atoms with van der Waals surface area (Å²) in [4.78, 5) is 11.9. The molecule has 0 spiro atoms. The van der Waals surface area contributed by atoms with Gasteiger partial charge in [0.1, 0.15) is 0 Å². The lowest BCUT2D eigenvalue weighted by atomic mass is 9.85. The zero-order valence-corrected chi connectivity index (χ0v) is 10.3. The summed E-state index contributed by atoms with van der Waals surface area (Å²) in [7, 11) is 0. The Hall–Kier alpha value is -1.56. The van der Waals surface area contributed by atoms with Crippen LogP contribution in [0.5, 0.6) is 0 Å². The van der Waals surface area contributed by atoms with Crippen molar-refractivity contribution in [3.05, 3.63) is 29.6 Å². The molecule has 0 aliphatic heterocycles. The second-order valence-electron chi connectivity index (χ2n) is 4.84. The van der Waals surface area contributed by atoms with Crippen molar-refractivity contribution < 1.29 is 18.0 Å². The fourth-order valence-electron chi connectivity index (χ4n) is 2.32. The van der Waals surface area contributed by atoms with Crippen molar-refractivity contribution in [1.29, 1.82) is 0 Å². The number of nitrogens with two attached hydrogens (primary N) is 1. The molecule has 3 nitrogen and oxygen atoms in total. The smallest absolute Gasteiger partial charge is 0.227 e. The maximum Gasteiger partial charge on any atom is 0.227 e. The minimum absolute atomic E-state index is 0.0423. The predicted octanol–water partition coefficient (Wildman–Crippen LogP) is 2.56. The van der Waals surface area contributed by atoms with Gasteiger partial charge in [0, 0.05) is 12.0 Å². The van der Waals surface area contributed by atoms with Crippen molar-refractivity contribution in [2.45, 2.75) is 31.7 Å². The third-order valence-electron chi connectivity index (χ3n) is 3.38. The fraction of sp³-hybridized carbons (Fsp3) is 0.462. The third kappa shape index (κ3) is 3.07. The minimum Gasteiger partial charge on any atom is -0.328 e. The number of nitrogens with one attached hydrogen (secondary N) is 1. The van der Waals surface area contributed by atoms with Gasteiger partial charge in [0.25, 0.3) is 0 Å². The molecule has 1 aromatic carbocycles. The van der Waals surface area contributed by atoms with Gasteiger partial charge in [0.05, 0.1) is 5.69 Å². The Kier molecular flexibility index (Phi) is 4.09. The first-order valence-corrected chi connectivity index (χ1v) is 6.19. The molecular weight excluding hydrogens is 257 g/mol. The highest BCUT2D eigenvalue weighted by Crippen LogP contribution is 2.26. The monoisotopic (exact) mass is 272 g/mol. The maximum absolute atomic E-state index is 13.4. The highest BCUT2D eigenvalue weighted by atomic mass is 19.2. The summed E-state index contributed by atoms with van der Waals surface area (Å²) in [6, 6.07) is 1.74. The normalized spacial score (nSPS) is 23.2. The average molecular weight is 272 g/mol. The van der Waals surface area contributed by atoms with Crippen LogP contribution in [-0.2, 0) is 4.79 Å². The molecule has 2 unspecified atom stereocenters. The molecule has 0 saturated heterocycles. The van der Waals surface area contributed by atoms with E-state index in [9.17, 15) is 18.0 Å². The molecule has 0 bridgehead atoms. The first-order chi connectivity index (χ1) is 8.99. The van der Waals surface area contributed by atoms with Crippen molar-refractivity contribution in [3.8, 4) is 0 Å². The van der Waals surface area contributed by atoms with Crippen molar-refractivity contribution in [1.82, 2.24) is 0 Å². The SMILES string of the molecule is NC1CCCC(C(=O)Nc2ccc(F)c(F)c2F)C1. The molecule has 104 valence electrons.